The Labute approximate surface area is 98.2 Å². The fraction of sp³-hybridized carbons (Fsp3) is 0.400. The molecule has 0 bridgehead atoms. The molecule has 4 heteroatoms. The van der Waals surface area contributed by atoms with E-state index in [1.165, 1.54) is 0 Å². The van der Waals surface area contributed by atoms with Gasteiger partial charge in [-0.1, -0.05) is 22.6 Å². The van der Waals surface area contributed by atoms with Gasteiger partial charge in [0, 0.05) is 11.5 Å². The molecule has 0 atom stereocenters. The van der Waals surface area contributed by atoms with Crippen molar-refractivity contribution in [2.75, 3.05) is 25.3 Å². The minimum absolute atomic E-state index is 0.260. The summed E-state index contributed by atoms with van der Waals surface area (Å²) in [6, 6.07) is 6.57. The number of hydrogen-bond acceptors (Lipinski definition) is 3. The third-order valence-electron chi connectivity index (χ3n) is 1.35. The predicted molar refractivity (Wildman–Crippen MR) is 65.4 cm³/mol. The summed E-state index contributed by atoms with van der Waals surface area (Å²) in [7, 11) is 3.30. The van der Waals surface area contributed by atoms with Crippen molar-refractivity contribution < 1.29 is 14.6 Å². The average molecular weight is 310 g/mol. The lowest BCUT2D eigenvalue weighted by Crippen LogP contribution is -1.84. The van der Waals surface area contributed by atoms with Crippen LogP contribution in [-0.2, 0) is 4.74 Å². The van der Waals surface area contributed by atoms with Crippen LogP contribution in [0.25, 0.3) is 0 Å². The van der Waals surface area contributed by atoms with E-state index in [1.54, 1.807) is 38.5 Å². The lowest BCUT2D eigenvalue weighted by molar-refractivity contribution is 0.220. The summed E-state index contributed by atoms with van der Waals surface area (Å²) in [6.07, 6.45) is 0. The molecule has 1 aromatic rings. The van der Waals surface area contributed by atoms with Gasteiger partial charge in [0.1, 0.15) is 11.5 Å². The fourth-order valence-electron chi connectivity index (χ4n) is 0.659. The second-order valence-corrected chi connectivity index (χ2v) is 3.46. The number of halogens is 1. The molecule has 14 heavy (non-hydrogen) atoms. The molecule has 80 valence electrons. The molecule has 0 aliphatic heterocycles. The van der Waals surface area contributed by atoms with Crippen LogP contribution in [0.2, 0.25) is 0 Å². The van der Waals surface area contributed by atoms with Gasteiger partial charge in [-0.25, -0.2) is 0 Å². The van der Waals surface area contributed by atoms with Gasteiger partial charge in [-0.05, 0) is 24.3 Å². The van der Waals surface area contributed by atoms with E-state index in [2.05, 4.69) is 27.3 Å². The Morgan fingerprint density at radius 1 is 1.21 bits per heavy atom. The topological polar surface area (TPSA) is 38.7 Å². The summed E-state index contributed by atoms with van der Waals surface area (Å²) < 4.78 is 10.6. The molecule has 0 saturated heterocycles. The van der Waals surface area contributed by atoms with Crippen molar-refractivity contribution >= 4 is 22.6 Å². The van der Waals surface area contributed by atoms with Crippen LogP contribution in [0.5, 0.6) is 11.5 Å². The molecule has 0 fully saturated rings. The van der Waals surface area contributed by atoms with E-state index in [9.17, 15) is 0 Å². The normalized spacial score (nSPS) is 8.79. The van der Waals surface area contributed by atoms with Crippen LogP contribution in [0.15, 0.2) is 24.3 Å². The molecule has 0 unspecified atom stereocenters. The van der Waals surface area contributed by atoms with Crippen LogP contribution >= 0.6 is 22.6 Å². The van der Waals surface area contributed by atoms with Gasteiger partial charge in [-0.15, -0.1) is 0 Å². The summed E-state index contributed by atoms with van der Waals surface area (Å²) in [5.41, 5.74) is 0. The van der Waals surface area contributed by atoms with Crippen molar-refractivity contribution in [3.05, 3.63) is 24.3 Å². The number of phenols is 1. The Balaban J connectivity index is 0.000000292. The number of methoxy groups -OCH3 is 2. The molecule has 0 saturated carbocycles. The first-order valence-electron chi connectivity index (χ1n) is 4.12. The van der Waals surface area contributed by atoms with Gasteiger partial charge < -0.3 is 14.6 Å². The van der Waals surface area contributed by atoms with E-state index in [4.69, 9.17) is 9.84 Å². The molecule has 0 amide bonds. The van der Waals surface area contributed by atoms with Gasteiger partial charge in [0.2, 0.25) is 0 Å². The summed E-state index contributed by atoms with van der Waals surface area (Å²) in [6.45, 7) is 0.876. The van der Waals surface area contributed by atoms with E-state index in [-0.39, 0.29) is 5.75 Å². The number of phenolic OH excluding ortho intramolecular Hbond substituents is 1. The average Bonchev–Trinajstić information content (AvgIpc) is 2.21. The van der Waals surface area contributed by atoms with Gasteiger partial charge in [-0.3, -0.25) is 0 Å². The van der Waals surface area contributed by atoms with Crippen LogP contribution in [0.4, 0.5) is 0 Å². The van der Waals surface area contributed by atoms with Crippen LogP contribution in [-0.4, -0.2) is 30.4 Å². The van der Waals surface area contributed by atoms with Gasteiger partial charge in [0.05, 0.1) is 13.7 Å². The number of aromatic hydroxyl groups is 1. The number of alkyl halides is 1. The highest BCUT2D eigenvalue weighted by Gasteiger charge is 1.87. The molecular formula is C10H15IO3. The minimum atomic E-state index is 0.260. The predicted octanol–water partition coefficient (Wildman–Crippen LogP) is 2.47. The number of ether oxygens (including phenoxy) is 2. The van der Waals surface area contributed by atoms with Crippen molar-refractivity contribution in [2.24, 2.45) is 0 Å². The lowest BCUT2D eigenvalue weighted by atomic mass is 10.3. The second-order valence-electron chi connectivity index (χ2n) is 2.38. The SMILES string of the molecule is COCCI.COc1ccc(O)cc1. The zero-order chi connectivity index (χ0) is 10.8. The standard InChI is InChI=1S/C7H8O2.C3H7IO/c1-9-7-4-2-6(8)3-5-7;1-5-3-2-4/h2-5,8H,1H3;2-3H2,1H3. The molecule has 3 nitrogen and oxygen atoms in total. The Morgan fingerprint density at radius 3 is 2.07 bits per heavy atom. The van der Waals surface area contributed by atoms with Gasteiger partial charge >= 0.3 is 0 Å². The highest BCUT2D eigenvalue weighted by Crippen LogP contribution is 2.14. The maximum absolute atomic E-state index is 8.80. The molecular weight excluding hydrogens is 295 g/mol. The van der Waals surface area contributed by atoms with Crippen molar-refractivity contribution in [3.63, 3.8) is 0 Å². The van der Waals surface area contributed by atoms with Crippen LogP contribution in [0.3, 0.4) is 0 Å². The molecule has 0 aromatic heterocycles. The number of hydrogen-bond donors (Lipinski definition) is 1. The smallest absolute Gasteiger partial charge is 0.119 e. The number of benzene rings is 1. The van der Waals surface area contributed by atoms with Gasteiger partial charge in [0.25, 0.3) is 0 Å². The molecule has 0 heterocycles. The molecule has 1 rings (SSSR count). The van der Waals surface area contributed by atoms with Crippen molar-refractivity contribution in [3.8, 4) is 11.5 Å². The monoisotopic (exact) mass is 310 g/mol. The van der Waals surface area contributed by atoms with Crippen LogP contribution in [0.1, 0.15) is 0 Å². The molecule has 1 aromatic carbocycles. The largest absolute Gasteiger partial charge is 0.508 e. The molecule has 0 spiro atoms. The first-order valence-corrected chi connectivity index (χ1v) is 5.65. The number of rotatable bonds is 3. The molecule has 0 aliphatic rings. The van der Waals surface area contributed by atoms with Crippen molar-refractivity contribution in [1.29, 1.82) is 0 Å². The van der Waals surface area contributed by atoms with Gasteiger partial charge in [-0.2, -0.15) is 0 Å². The summed E-state index contributed by atoms with van der Waals surface area (Å²) in [4.78, 5) is 0. The van der Waals surface area contributed by atoms with Gasteiger partial charge in [0.15, 0.2) is 0 Å². The van der Waals surface area contributed by atoms with Crippen LogP contribution < -0.4 is 4.74 Å². The Kier molecular flexibility index (Phi) is 8.76. The molecule has 0 radical (unpaired) electrons. The molecule has 0 aliphatic carbocycles. The van der Waals surface area contributed by atoms with E-state index in [0.717, 1.165) is 16.8 Å². The van der Waals surface area contributed by atoms with E-state index >= 15 is 0 Å². The van der Waals surface area contributed by atoms with E-state index in [1.807, 2.05) is 0 Å². The van der Waals surface area contributed by atoms with E-state index < -0.39 is 0 Å². The highest BCUT2D eigenvalue weighted by molar-refractivity contribution is 14.1. The zero-order valence-corrected chi connectivity index (χ0v) is 10.5. The van der Waals surface area contributed by atoms with Crippen molar-refractivity contribution in [2.45, 2.75) is 0 Å². The summed E-state index contributed by atoms with van der Waals surface area (Å²) in [5.74, 6) is 1.02. The first kappa shape index (κ1) is 13.5. The fourth-order valence-corrected chi connectivity index (χ4v) is 1.10. The lowest BCUT2D eigenvalue weighted by Gasteiger charge is -1.96. The van der Waals surface area contributed by atoms with Crippen LogP contribution in [0, 0.1) is 0 Å². The summed E-state index contributed by atoms with van der Waals surface area (Å²) >= 11 is 2.26. The quantitative estimate of drug-likeness (QED) is 0.688. The van der Waals surface area contributed by atoms with Crippen molar-refractivity contribution in [1.82, 2.24) is 0 Å². The third-order valence-corrected chi connectivity index (χ3v) is 1.79. The third kappa shape index (κ3) is 6.97. The highest BCUT2D eigenvalue weighted by atomic mass is 127. The first-order chi connectivity index (χ1) is 6.74. The Hall–Kier alpha value is -0.490. The van der Waals surface area contributed by atoms with E-state index in [0.29, 0.717) is 0 Å². The minimum Gasteiger partial charge on any atom is -0.508 e. The maximum atomic E-state index is 8.80. The summed E-state index contributed by atoms with van der Waals surface area (Å²) in [5, 5.41) is 8.80. The second kappa shape index (κ2) is 9.08. The molecule has 1 N–H and O–H groups in total. The Bertz CT molecular complexity index is 221. The maximum Gasteiger partial charge on any atom is 0.119 e. The zero-order valence-electron chi connectivity index (χ0n) is 8.37. The Morgan fingerprint density at radius 2 is 1.79 bits per heavy atom.